The fraction of sp³-hybridized carbons (Fsp3) is 0.0667. The summed E-state index contributed by atoms with van der Waals surface area (Å²) in [5, 5.41) is 21.1. The number of carbonyl (C=O) groups excluding carboxylic acids is 2. The summed E-state index contributed by atoms with van der Waals surface area (Å²) in [5.41, 5.74) is -1.76. The van der Waals surface area contributed by atoms with Crippen molar-refractivity contribution in [1.82, 2.24) is 0 Å². The number of carbonyl (C=O) groups is 2. The molecule has 0 amide bonds. The van der Waals surface area contributed by atoms with Gasteiger partial charge in [0.1, 0.15) is 0 Å². The number of hydrogen-bond acceptors (Lipinski definition) is 7. The summed E-state index contributed by atoms with van der Waals surface area (Å²) < 4.78 is 4.78. The van der Waals surface area contributed by atoms with Crippen LogP contribution in [0, 0.1) is 20.2 Å². The number of benzene rings is 2. The number of nitro groups is 2. The van der Waals surface area contributed by atoms with Crippen LogP contribution in [0.25, 0.3) is 0 Å². The molecular weight excluding hydrogens is 356 g/mol. The van der Waals surface area contributed by atoms with E-state index in [1.165, 1.54) is 12.1 Å². The summed E-state index contributed by atoms with van der Waals surface area (Å²) in [6, 6.07) is 9.51. The van der Waals surface area contributed by atoms with Crippen LogP contribution in [-0.2, 0) is 4.74 Å². The second-order valence-corrected chi connectivity index (χ2v) is 5.09. The fourth-order valence-corrected chi connectivity index (χ4v) is 2.15. The molecule has 0 fully saturated rings. The molecule has 0 saturated heterocycles. The number of Topliss-reactive ketones (excluding diaryl/α,β-unsaturated/α-hetero) is 1. The zero-order valence-electron chi connectivity index (χ0n) is 12.4. The third-order valence-electron chi connectivity index (χ3n) is 3.09. The van der Waals surface area contributed by atoms with Gasteiger partial charge in [-0.15, -0.1) is 0 Å². The third-order valence-corrected chi connectivity index (χ3v) is 3.48. The van der Waals surface area contributed by atoms with Gasteiger partial charge in [-0.05, 0) is 0 Å². The van der Waals surface area contributed by atoms with E-state index < -0.39 is 50.2 Å². The van der Waals surface area contributed by atoms with E-state index >= 15 is 0 Å². The molecule has 0 atom stereocenters. The Morgan fingerprint density at radius 2 is 1.48 bits per heavy atom. The predicted octanol–water partition coefficient (Wildman–Crippen LogP) is 3.20. The Kier molecular flexibility index (Phi) is 5.40. The van der Waals surface area contributed by atoms with E-state index in [9.17, 15) is 29.8 Å². The largest absolute Gasteiger partial charge is 0.454 e. The van der Waals surface area contributed by atoms with Crippen molar-refractivity contribution in [3.05, 3.63) is 78.8 Å². The average Bonchev–Trinajstić information content (AvgIpc) is 2.59. The Morgan fingerprint density at radius 1 is 0.960 bits per heavy atom. The van der Waals surface area contributed by atoms with E-state index in [0.717, 1.165) is 12.1 Å². The molecule has 0 aliphatic carbocycles. The maximum Gasteiger partial charge on any atom is 0.339 e. The molecule has 2 aromatic rings. The Bertz CT molecular complexity index is 832. The summed E-state index contributed by atoms with van der Waals surface area (Å²) in [7, 11) is 0. The zero-order valence-corrected chi connectivity index (χ0v) is 13.1. The maximum atomic E-state index is 12.0. The van der Waals surface area contributed by atoms with E-state index in [4.69, 9.17) is 16.3 Å². The highest BCUT2D eigenvalue weighted by Gasteiger charge is 2.28. The van der Waals surface area contributed by atoms with Crippen LogP contribution < -0.4 is 0 Å². The molecule has 0 heterocycles. The number of esters is 1. The summed E-state index contributed by atoms with van der Waals surface area (Å²) in [6.07, 6.45) is 0. The molecule has 0 bridgehead atoms. The number of hydrogen-bond donors (Lipinski definition) is 0. The number of rotatable bonds is 6. The Morgan fingerprint density at radius 3 is 1.96 bits per heavy atom. The Balaban J connectivity index is 2.23. The SMILES string of the molecule is O=C(COC(=O)c1cc([N+](=O)[O-])c(Cl)c([N+](=O)[O-])c1)c1ccccc1. The van der Waals surface area contributed by atoms with Crippen LogP contribution in [0.5, 0.6) is 0 Å². The quantitative estimate of drug-likeness (QED) is 0.333. The highest BCUT2D eigenvalue weighted by Crippen LogP contribution is 2.35. The number of halogens is 1. The monoisotopic (exact) mass is 364 g/mol. The standard InChI is InChI=1S/C15H9ClN2O7/c16-14-11(17(21)22)6-10(7-12(14)18(23)24)15(20)25-8-13(19)9-4-2-1-3-5-9/h1-7H,8H2. The van der Waals surface area contributed by atoms with Gasteiger partial charge >= 0.3 is 5.97 Å². The molecule has 9 nitrogen and oxygen atoms in total. The van der Waals surface area contributed by atoms with Gasteiger partial charge in [-0.1, -0.05) is 41.9 Å². The molecule has 0 radical (unpaired) electrons. The molecule has 0 aliphatic rings. The summed E-state index contributed by atoms with van der Waals surface area (Å²) >= 11 is 5.59. The van der Waals surface area contributed by atoms with Crippen molar-refractivity contribution in [2.24, 2.45) is 0 Å². The van der Waals surface area contributed by atoms with Gasteiger partial charge in [0, 0.05) is 17.7 Å². The second kappa shape index (κ2) is 7.49. The van der Waals surface area contributed by atoms with Crippen LogP contribution in [-0.4, -0.2) is 28.2 Å². The lowest BCUT2D eigenvalue weighted by molar-refractivity contribution is -0.393. The number of nitro benzene ring substituents is 2. The van der Waals surface area contributed by atoms with Gasteiger partial charge < -0.3 is 4.74 Å². The summed E-state index contributed by atoms with van der Waals surface area (Å²) in [5.74, 6) is -1.61. The van der Waals surface area contributed by atoms with Crippen molar-refractivity contribution >= 4 is 34.7 Å². The van der Waals surface area contributed by atoms with E-state index in [-0.39, 0.29) is 0 Å². The minimum Gasteiger partial charge on any atom is -0.454 e. The first-order valence-corrected chi connectivity index (χ1v) is 7.06. The molecular formula is C15H9ClN2O7. The van der Waals surface area contributed by atoms with Crippen molar-refractivity contribution in [2.45, 2.75) is 0 Å². The van der Waals surface area contributed by atoms with Crippen molar-refractivity contribution in [3.63, 3.8) is 0 Å². The lowest BCUT2D eigenvalue weighted by Gasteiger charge is -2.05. The minimum atomic E-state index is -1.12. The van der Waals surface area contributed by atoms with Crippen molar-refractivity contribution in [2.75, 3.05) is 6.61 Å². The van der Waals surface area contributed by atoms with E-state index in [0.29, 0.717) is 5.56 Å². The molecule has 0 unspecified atom stereocenters. The average molecular weight is 365 g/mol. The normalized spacial score (nSPS) is 10.1. The third kappa shape index (κ3) is 4.15. The minimum absolute atomic E-state index is 0.309. The highest BCUT2D eigenvalue weighted by atomic mass is 35.5. The molecule has 0 saturated carbocycles. The van der Waals surface area contributed by atoms with Crippen molar-refractivity contribution in [3.8, 4) is 0 Å². The maximum absolute atomic E-state index is 12.0. The lowest BCUT2D eigenvalue weighted by atomic mass is 10.1. The smallest absolute Gasteiger partial charge is 0.339 e. The molecule has 0 aliphatic heterocycles. The molecule has 2 aromatic carbocycles. The zero-order chi connectivity index (χ0) is 18.6. The Hall–Kier alpha value is -3.33. The first-order chi connectivity index (χ1) is 11.8. The summed E-state index contributed by atoms with van der Waals surface area (Å²) in [4.78, 5) is 43.8. The second-order valence-electron chi connectivity index (χ2n) is 4.71. The predicted molar refractivity (Wildman–Crippen MR) is 85.8 cm³/mol. The van der Waals surface area contributed by atoms with Gasteiger partial charge in [0.15, 0.2) is 17.4 Å². The molecule has 0 aromatic heterocycles. The van der Waals surface area contributed by atoms with Crippen LogP contribution in [0.3, 0.4) is 0 Å². The van der Waals surface area contributed by atoms with E-state index in [2.05, 4.69) is 0 Å². The first kappa shape index (κ1) is 18.0. The number of ketones is 1. The van der Waals surface area contributed by atoms with Gasteiger partial charge in [0.05, 0.1) is 15.4 Å². The molecule has 0 N–H and O–H groups in total. The van der Waals surface area contributed by atoms with E-state index in [1.807, 2.05) is 0 Å². The van der Waals surface area contributed by atoms with Gasteiger partial charge in [0.25, 0.3) is 11.4 Å². The topological polar surface area (TPSA) is 130 Å². The number of nitrogens with zero attached hydrogens (tertiary/aromatic N) is 2. The van der Waals surface area contributed by atoms with Crippen LogP contribution in [0.2, 0.25) is 5.02 Å². The van der Waals surface area contributed by atoms with Gasteiger partial charge in [0.2, 0.25) is 0 Å². The fourth-order valence-electron chi connectivity index (χ4n) is 1.90. The molecule has 25 heavy (non-hydrogen) atoms. The summed E-state index contributed by atoms with van der Waals surface area (Å²) in [6.45, 7) is -0.618. The van der Waals surface area contributed by atoms with Gasteiger partial charge in [-0.25, -0.2) is 4.79 Å². The number of ether oxygens (including phenoxy) is 1. The van der Waals surface area contributed by atoms with Gasteiger partial charge in [-0.2, -0.15) is 0 Å². The van der Waals surface area contributed by atoms with Crippen LogP contribution in [0.4, 0.5) is 11.4 Å². The van der Waals surface area contributed by atoms with Gasteiger partial charge in [-0.3, -0.25) is 25.0 Å². The van der Waals surface area contributed by atoms with E-state index in [1.54, 1.807) is 18.2 Å². The first-order valence-electron chi connectivity index (χ1n) is 6.69. The van der Waals surface area contributed by atoms with Crippen molar-refractivity contribution in [1.29, 1.82) is 0 Å². The Labute approximate surface area is 145 Å². The molecule has 0 spiro atoms. The molecule has 128 valence electrons. The lowest BCUT2D eigenvalue weighted by Crippen LogP contribution is -2.14. The van der Waals surface area contributed by atoms with Crippen LogP contribution in [0.15, 0.2) is 42.5 Å². The van der Waals surface area contributed by atoms with Crippen LogP contribution in [0.1, 0.15) is 20.7 Å². The molecule has 2 rings (SSSR count). The highest BCUT2D eigenvalue weighted by molar-refractivity contribution is 6.35. The van der Waals surface area contributed by atoms with Crippen molar-refractivity contribution < 1.29 is 24.2 Å². The molecule has 10 heteroatoms. The van der Waals surface area contributed by atoms with Crippen LogP contribution >= 0.6 is 11.6 Å².